The zero-order valence-corrected chi connectivity index (χ0v) is 8.82. The van der Waals surface area contributed by atoms with E-state index >= 15 is 0 Å². The molecule has 0 bridgehead atoms. The fourth-order valence-electron chi connectivity index (χ4n) is 1.75. The van der Waals surface area contributed by atoms with Crippen molar-refractivity contribution in [3.63, 3.8) is 0 Å². The van der Waals surface area contributed by atoms with E-state index in [1.165, 1.54) is 0 Å². The number of hydrogen-bond donors (Lipinski definition) is 3. The van der Waals surface area contributed by atoms with E-state index in [-0.39, 0.29) is 11.3 Å². The van der Waals surface area contributed by atoms with Crippen LogP contribution in [0.25, 0.3) is 11.3 Å². The largest absolute Gasteiger partial charge is 0.478 e. The molecular formula is C12H12N2O2. The van der Waals surface area contributed by atoms with Crippen LogP contribution in [0.5, 0.6) is 0 Å². The van der Waals surface area contributed by atoms with Crippen molar-refractivity contribution in [3.8, 4) is 11.3 Å². The van der Waals surface area contributed by atoms with E-state index in [0.717, 1.165) is 5.56 Å². The van der Waals surface area contributed by atoms with E-state index in [4.69, 9.17) is 10.8 Å². The molecule has 0 amide bonds. The Bertz CT molecular complexity index is 529. The lowest BCUT2D eigenvalue weighted by molar-refractivity contribution is 0.0697. The van der Waals surface area contributed by atoms with Gasteiger partial charge in [-0.15, -0.1) is 0 Å². The van der Waals surface area contributed by atoms with Crippen molar-refractivity contribution in [2.45, 2.75) is 6.92 Å². The number of carboxylic acid groups (broad SMARTS) is 1. The second kappa shape index (κ2) is 3.73. The molecule has 82 valence electrons. The maximum Gasteiger partial charge on any atom is 0.339 e. The van der Waals surface area contributed by atoms with Gasteiger partial charge in [0.1, 0.15) is 5.56 Å². The highest BCUT2D eigenvalue weighted by Gasteiger charge is 2.18. The number of anilines is 1. The van der Waals surface area contributed by atoms with Gasteiger partial charge in [-0.1, -0.05) is 30.3 Å². The highest BCUT2D eigenvalue weighted by Crippen LogP contribution is 2.29. The van der Waals surface area contributed by atoms with Crippen molar-refractivity contribution < 1.29 is 9.90 Å². The van der Waals surface area contributed by atoms with Crippen LogP contribution in [-0.4, -0.2) is 16.1 Å². The number of nitrogens with one attached hydrogen (secondary N) is 1. The Balaban J connectivity index is 2.61. The summed E-state index contributed by atoms with van der Waals surface area (Å²) < 4.78 is 0. The van der Waals surface area contributed by atoms with Crippen LogP contribution in [0.3, 0.4) is 0 Å². The summed E-state index contributed by atoms with van der Waals surface area (Å²) in [6.45, 7) is 1.70. The van der Waals surface area contributed by atoms with Crippen molar-refractivity contribution in [1.29, 1.82) is 0 Å². The predicted octanol–water partition coefficient (Wildman–Crippen LogP) is 2.27. The molecule has 2 aromatic rings. The first-order chi connectivity index (χ1) is 7.61. The fourth-order valence-corrected chi connectivity index (χ4v) is 1.75. The Hall–Kier alpha value is -2.23. The minimum absolute atomic E-state index is 0.152. The van der Waals surface area contributed by atoms with E-state index in [9.17, 15) is 4.79 Å². The fraction of sp³-hybridized carbons (Fsp3) is 0.0833. The van der Waals surface area contributed by atoms with E-state index < -0.39 is 5.97 Å². The number of nitrogen functional groups attached to an aromatic ring is 1. The number of aryl methyl sites for hydroxylation is 1. The highest BCUT2D eigenvalue weighted by molar-refractivity contribution is 5.99. The van der Waals surface area contributed by atoms with Gasteiger partial charge in [0.15, 0.2) is 0 Å². The van der Waals surface area contributed by atoms with Gasteiger partial charge in [0.25, 0.3) is 0 Å². The predicted molar refractivity (Wildman–Crippen MR) is 62.3 cm³/mol. The number of carbonyl (C=O) groups is 1. The number of hydrogen-bond acceptors (Lipinski definition) is 2. The van der Waals surface area contributed by atoms with E-state index in [1.54, 1.807) is 6.92 Å². The number of aromatic amines is 1. The lowest BCUT2D eigenvalue weighted by Gasteiger charge is -1.99. The lowest BCUT2D eigenvalue weighted by Crippen LogP contribution is -2.01. The molecule has 1 heterocycles. The first-order valence-corrected chi connectivity index (χ1v) is 4.88. The van der Waals surface area contributed by atoms with Gasteiger partial charge in [0.05, 0.1) is 11.4 Å². The molecule has 0 saturated carbocycles. The van der Waals surface area contributed by atoms with Crippen molar-refractivity contribution in [1.82, 2.24) is 4.98 Å². The lowest BCUT2D eigenvalue weighted by atomic mass is 10.1. The SMILES string of the molecule is Cc1[nH]c(-c2ccccc2)c(N)c1C(=O)O. The number of carboxylic acids is 1. The van der Waals surface area contributed by atoms with Gasteiger partial charge in [-0.3, -0.25) is 0 Å². The average Bonchev–Trinajstić information content (AvgIpc) is 2.55. The van der Waals surface area contributed by atoms with Crippen LogP contribution in [0.1, 0.15) is 16.1 Å². The third-order valence-electron chi connectivity index (χ3n) is 2.50. The van der Waals surface area contributed by atoms with Crippen LogP contribution < -0.4 is 5.73 Å². The Labute approximate surface area is 92.7 Å². The van der Waals surface area contributed by atoms with Crippen LogP contribution in [0.4, 0.5) is 5.69 Å². The number of benzene rings is 1. The molecule has 0 aliphatic rings. The number of aromatic nitrogens is 1. The molecule has 0 aliphatic heterocycles. The molecule has 4 nitrogen and oxygen atoms in total. The Morgan fingerprint density at radius 3 is 2.44 bits per heavy atom. The summed E-state index contributed by atoms with van der Waals surface area (Å²) in [4.78, 5) is 14.0. The molecule has 0 radical (unpaired) electrons. The van der Waals surface area contributed by atoms with Gasteiger partial charge < -0.3 is 15.8 Å². The minimum atomic E-state index is -1.01. The van der Waals surface area contributed by atoms with Gasteiger partial charge >= 0.3 is 5.97 Å². The van der Waals surface area contributed by atoms with Crippen LogP contribution in [0, 0.1) is 6.92 Å². The van der Waals surface area contributed by atoms with Crippen LogP contribution in [-0.2, 0) is 0 Å². The number of nitrogens with two attached hydrogens (primary N) is 1. The molecule has 0 fully saturated rings. The summed E-state index contributed by atoms with van der Waals surface area (Å²) >= 11 is 0. The topological polar surface area (TPSA) is 79.1 Å². The summed E-state index contributed by atoms with van der Waals surface area (Å²) in [5, 5.41) is 9.01. The number of rotatable bonds is 2. The molecule has 16 heavy (non-hydrogen) atoms. The summed E-state index contributed by atoms with van der Waals surface area (Å²) in [7, 11) is 0. The van der Waals surface area contributed by atoms with Gasteiger partial charge in [-0.25, -0.2) is 4.79 Å². The number of aromatic carboxylic acids is 1. The maximum absolute atomic E-state index is 11.0. The molecule has 0 unspecified atom stereocenters. The molecule has 0 atom stereocenters. The molecule has 1 aromatic carbocycles. The van der Waals surface area contributed by atoms with E-state index in [0.29, 0.717) is 11.4 Å². The summed E-state index contributed by atoms with van der Waals surface area (Å²) in [5.74, 6) is -1.01. The van der Waals surface area contributed by atoms with E-state index in [2.05, 4.69) is 4.98 Å². The number of H-pyrrole nitrogens is 1. The van der Waals surface area contributed by atoms with Crippen LogP contribution >= 0.6 is 0 Å². The smallest absolute Gasteiger partial charge is 0.339 e. The molecule has 0 aliphatic carbocycles. The van der Waals surface area contributed by atoms with Gasteiger partial charge in [0.2, 0.25) is 0 Å². The third-order valence-corrected chi connectivity index (χ3v) is 2.50. The standard InChI is InChI=1S/C12H12N2O2/c1-7-9(12(15)16)10(13)11(14-7)8-5-3-2-4-6-8/h2-6,14H,13H2,1H3,(H,15,16). The maximum atomic E-state index is 11.0. The van der Waals surface area contributed by atoms with Gasteiger partial charge in [0, 0.05) is 11.3 Å². The summed E-state index contributed by atoms with van der Waals surface area (Å²) in [6, 6.07) is 9.42. The van der Waals surface area contributed by atoms with Gasteiger partial charge in [-0.05, 0) is 6.92 Å². The minimum Gasteiger partial charge on any atom is -0.478 e. The Morgan fingerprint density at radius 1 is 1.31 bits per heavy atom. The first-order valence-electron chi connectivity index (χ1n) is 4.88. The molecule has 4 heteroatoms. The van der Waals surface area contributed by atoms with Crippen molar-refractivity contribution in [2.24, 2.45) is 0 Å². The van der Waals surface area contributed by atoms with Crippen LogP contribution in [0.2, 0.25) is 0 Å². The molecule has 2 rings (SSSR count). The molecular weight excluding hydrogens is 204 g/mol. The average molecular weight is 216 g/mol. The quantitative estimate of drug-likeness (QED) is 0.720. The zero-order valence-electron chi connectivity index (χ0n) is 8.82. The summed E-state index contributed by atoms with van der Waals surface area (Å²) in [5.41, 5.74) is 8.39. The van der Waals surface area contributed by atoms with Gasteiger partial charge in [-0.2, -0.15) is 0 Å². The Kier molecular flexibility index (Phi) is 2.40. The zero-order chi connectivity index (χ0) is 11.7. The monoisotopic (exact) mass is 216 g/mol. The third kappa shape index (κ3) is 1.54. The summed E-state index contributed by atoms with van der Waals surface area (Å²) in [6.07, 6.45) is 0. The molecule has 0 spiro atoms. The van der Waals surface area contributed by atoms with E-state index in [1.807, 2.05) is 30.3 Å². The molecule has 1 aromatic heterocycles. The molecule has 4 N–H and O–H groups in total. The van der Waals surface area contributed by atoms with Crippen molar-refractivity contribution in [2.75, 3.05) is 5.73 Å². The van der Waals surface area contributed by atoms with Crippen molar-refractivity contribution >= 4 is 11.7 Å². The normalized spacial score (nSPS) is 10.3. The first kappa shape index (κ1) is 10.3. The second-order valence-electron chi connectivity index (χ2n) is 3.58. The Morgan fingerprint density at radius 2 is 1.94 bits per heavy atom. The molecule has 0 saturated heterocycles. The van der Waals surface area contributed by atoms with Crippen LogP contribution in [0.15, 0.2) is 30.3 Å². The highest BCUT2D eigenvalue weighted by atomic mass is 16.4. The van der Waals surface area contributed by atoms with Crippen molar-refractivity contribution in [3.05, 3.63) is 41.6 Å². The second-order valence-corrected chi connectivity index (χ2v) is 3.58.